The Balaban J connectivity index is 2.21. The van der Waals surface area contributed by atoms with Crippen molar-refractivity contribution >= 4 is 5.69 Å². The Kier molecular flexibility index (Phi) is 5.54. The second-order valence-electron chi connectivity index (χ2n) is 4.71. The maximum atomic E-state index is 9.19. The third-order valence-electron chi connectivity index (χ3n) is 3.34. The lowest BCUT2D eigenvalue weighted by atomic mass is 10.1. The molecular formula is C18H17N3O. The molecule has 22 heavy (non-hydrogen) atoms. The van der Waals surface area contributed by atoms with E-state index in [1.165, 1.54) is 0 Å². The highest BCUT2D eigenvalue weighted by atomic mass is 16.5. The molecule has 0 aliphatic heterocycles. The molecule has 4 nitrogen and oxygen atoms in total. The van der Waals surface area contributed by atoms with Crippen molar-refractivity contribution in [1.29, 1.82) is 10.5 Å². The Bertz CT molecular complexity index is 694. The van der Waals surface area contributed by atoms with Crippen molar-refractivity contribution in [3.8, 4) is 12.1 Å². The summed E-state index contributed by atoms with van der Waals surface area (Å²) in [6.45, 7) is 3.72. The van der Waals surface area contributed by atoms with E-state index in [0.29, 0.717) is 36.6 Å². The monoisotopic (exact) mass is 291 g/mol. The average Bonchev–Trinajstić information content (AvgIpc) is 2.58. The minimum Gasteiger partial charge on any atom is -0.379 e. The van der Waals surface area contributed by atoms with Crippen LogP contribution in [0.15, 0.2) is 42.5 Å². The molecule has 0 amide bonds. The van der Waals surface area contributed by atoms with Crippen LogP contribution in [0.25, 0.3) is 0 Å². The molecule has 0 bridgehead atoms. The maximum absolute atomic E-state index is 9.19. The van der Waals surface area contributed by atoms with E-state index in [1.54, 1.807) is 18.2 Å². The van der Waals surface area contributed by atoms with Gasteiger partial charge < -0.3 is 10.1 Å². The van der Waals surface area contributed by atoms with Crippen molar-refractivity contribution in [2.75, 3.05) is 11.9 Å². The zero-order chi connectivity index (χ0) is 15.8. The van der Waals surface area contributed by atoms with E-state index in [9.17, 15) is 10.5 Å². The molecule has 1 N–H and O–H groups in total. The van der Waals surface area contributed by atoms with E-state index >= 15 is 0 Å². The van der Waals surface area contributed by atoms with Crippen LogP contribution < -0.4 is 5.32 Å². The van der Waals surface area contributed by atoms with Gasteiger partial charge in [0.05, 0.1) is 23.4 Å². The van der Waals surface area contributed by atoms with Crippen molar-refractivity contribution in [1.82, 2.24) is 0 Å². The van der Waals surface area contributed by atoms with Gasteiger partial charge in [-0.15, -0.1) is 0 Å². The summed E-state index contributed by atoms with van der Waals surface area (Å²) in [7, 11) is 0. The molecule has 0 aromatic heterocycles. The molecule has 0 heterocycles. The van der Waals surface area contributed by atoms with Gasteiger partial charge in [-0.25, -0.2) is 0 Å². The van der Waals surface area contributed by atoms with Gasteiger partial charge in [-0.2, -0.15) is 10.5 Å². The van der Waals surface area contributed by atoms with Crippen molar-refractivity contribution < 1.29 is 4.74 Å². The van der Waals surface area contributed by atoms with Crippen LogP contribution in [0, 0.1) is 22.7 Å². The highest BCUT2D eigenvalue weighted by Gasteiger charge is 2.09. The molecular weight excluding hydrogens is 274 g/mol. The lowest BCUT2D eigenvalue weighted by Crippen LogP contribution is -2.06. The molecule has 0 fully saturated rings. The first kappa shape index (κ1) is 15.6. The smallest absolute Gasteiger partial charge is 0.101 e. The van der Waals surface area contributed by atoms with Crippen LogP contribution >= 0.6 is 0 Å². The van der Waals surface area contributed by atoms with E-state index in [0.717, 1.165) is 11.1 Å². The molecule has 0 aliphatic rings. The largest absolute Gasteiger partial charge is 0.379 e. The van der Waals surface area contributed by atoms with Crippen LogP contribution in [-0.4, -0.2) is 6.61 Å². The lowest BCUT2D eigenvalue weighted by molar-refractivity contribution is 0.133. The molecule has 110 valence electrons. The summed E-state index contributed by atoms with van der Waals surface area (Å²) < 4.78 is 5.47. The second kappa shape index (κ2) is 7.83. The van der Waals surface area contributed by atoms with Gasteiger partial charge in [-0.05, 0) is 30.2 Å². The minimum atomic E-state index is 0.473. The standard InChI is InChI=1S/C18H17N3O/c1-2-22-13-17-7-4-3-6-16(17)12-21-18-14(10-19)8-5-9-15(18)11-20/h3-9,21H,2,12-13H2,1H3. The molecule has 0 saturated heterocycles. The molecule has 2 rings (SSSR count). The highest BCUT2D eigenvalue weighted by molar-refractivity contribution is 5.66. The third-order valence-corrected chi connectivity index (χ3v) is 3.34. The average molecular weight is 291 g/mol. The molecule has 2 aromatic carbocycles. The summed E-state index contributed by atoms with van der Waals surface area (Å²) in [5, 5.41) is 21.6. The maximum Gasteiger partial charge on any atom is 0.101 e. The number of ether oxygens (including phenoxy) is 1. The summed E-state index contributed by atoms with van der Waals surface area (Å²) in [6, 6.07) is 17.3. The van der Waals surface area contributed by atoms with Gasteiger partial charge in [-0.3, -0.25) is 0 Å². The number of nitriles is 2. The quantitative estimate of drug-likeness (QED) is 0.883. The molecule has 2 aromatic rings. The summed E-state index contributed by atoms with van der Waals surface area (Å²) in [5.41, 5.74) is 3.72. The van der Waals surface area contributed by atoms with Crippen molar-refractivity contribution in [3.63, 3.8) is 0 Å². The molecule has 0 saturated carbocycles. The summed E-state index contributed by atoms with van der Waals surface area (Å²) in [6.07, 6.45) is 0. The van der Waals surface area contributed by atoms with Crippen LogP contribution in [0.1, 0.15) is 29.2 Å². The Morgan fingerprint density at radius 1 is 0.955 bits per heavy atom. The zero-order valence-corrected chi connectivity index (χ0v) is 12.5. The highest BCUT2D eigenvalue weighted by Crippen LogP contribution is 2.21. The fourth-order valence-corrected chi connectivity index (χ4v) is 2.20. The van der Waals surface area contributed by atoms with Gasteiger partial charge in [-0.1, -0.05) is 30.3 Å². The van der Waals surface area contributed by atoms with Gasteiger partial charge in [0.1, 0.15) is 12.1 Å². The Morgan fingerprint density at radius 2 is 1.59 bits per heavy atom. The zero-order valence-electron chi connectivity index (χ0n) is 12.5. The number of benzene rings is 2. The van der Waals surface area contributed by atoms with Gasteiger partial charge in [0.25, 0.3) is 0 Å². The number of anilines is 1. The second-order valence-corrected chi connectivity index (χ2v) is 4.71. The van der Waals surface area contributed by atoms with Gasteiger partial charge >= 0.3 is 0 Å². The number of rotatable bonds is 6. The molecule has 0 spiro atoms. The number of hydrogen-bond acceptors (Lipinski definition) is 4. The predicted octanol–water partition coefficient (Wildman–Crippen LogP) is 3.58. The first-order chi connectivity index (χ1) is 10.8. The fraction of sp³-hybridized carbons (Fsp3) is 0.222. The summed E-state index contributed by atoms with van der Waals surface area (Å²) in [5.74, 6) is 0. The number of para-hydroxylation sites is 1. The van der Waals surface area contributed by atoms with Crippen LogP contribution in [-0.2, 0) is 17.9 Å². The molecule has 0 atom stereocenters. The Labute approximate surface area is 130 Å². The van der Waals surface area contributed by atoms with Crippen molar-refractivity contribution in [2.24, 2.45) is 0 Å². The summed E-state index contributed by atoms with van der Waals surface area (Å²) >= 11 is 0. The topological polar surface area (TPSA) is 68.8 Å². The molecule has 0 unspecified atom stereocenters. The Morgan fingerprint density at radius 3 is 2.18 bits per heavy atom. The van der Waals surface area contributed by atoms with Crippen LogP contribution in [0.5, 0.6) is 0 Å². The molecule has 0 radical (unpaired) electrons. The van der Waals surface area contributed by atoms with Gasteiger partial charge in [0.2, 0.25) is 0 Å². The Hall–Kier alpha value is -2.82. The van der Waals surface area contributed by atoms with E-state index in [2.05, 4.69) is 17.5 Å². The lowest BCUT2D eigenvalue weighted by Gasteiger charge is -2.13. The van der Waals surface area contributed by atoms with Crippen LogP contribution in [0.4, 0.5) is 5.69 Å². The predicted molar refractivity (Wildman–Crippen MR) is 85.0 cm³/mol. The normalized spacial score (nSPS) is 9.77. The first-order valence-corrected chi connectivity index (χ1v) is 7.11. The van der Waals surface area contributed by atoms with E-state index in [1.807, 2.05) is 31.2 Å². The fourth-order valence-electron chi connectivity index (χ4n) is 2.20. The molecule has 0 aliphatic carbocycles. The molecule has 4 heteroatoms. The van der Waals surface area contributed by atoms with Gasteiger partial charge in [0, 0.05) is 13.2 Å². The van der Waals surface area contributed by atoms with Crippen molar-refractivity contribution in [3.05, 3.63) is 64.7 Å². The first-order valence-electron chi connectivity index (χ1n) is 7.11. The van der Waals surface area contributed by atoms with Gasteiger partial charge in [0.15, 0.2) is 0 Å². The number of hydrogen-bond donors (Lipinski definition) is 1. The van der Waals surface area contributed by atoms with Crippen LogP contribution in [0.2, 0.25) is 0 Å². The third kappa shape index (κ3) is 3.63. The van der Waals surface area contributed by atoms with E-state index < -0.39 is 0 Å². The number of nitrogens with one attached hydrogen (secondary N) is 1. The van der Waals surface area contributed by atoms with E-state index in [4.69, 9.17) is 4.74 Å². The van der Waals surface area contributed by atoms with E-state index in [-0.39, 0.29) is 0 Å². The SMILES string of the molecule is CCOCc1ccccc1CNc1c(C#N)cccc1C#N. The minimum absolute atomic E-state index is 0.473. The van der Waals surface area contributed by atoms with Crippen molar-refractivity contribution in [2.45, 2.75) is 20.1 Å². The number of nitrogens with zero attached hydrogens (tertiary/aromatic N) is 2. The summed E-state index contributed by atoms with van der Waals surface area (Å²) in [4.78, 5) is 0. The van der Waals surface area contributed by atoms with Crippen LogP contribution in [0.3, 0.4) is 0 Å².